The molecule has 0 radical (unpaired) electrons. The number of halogens is 2. The standard InChI is InChI=1S/C27H27Cl2N5O4/c1-31-25(36)20(19-6-4-7-21(28)24(19)29)15-33(27(31)38)16-23(35)32-12-10-18(11-13-32)34-14-9-17-5-2-3-8-22(17)30-26(34)37/h2-8,15,18H,9-14,16H2,1H3,(H,30,37). The summed E-state index contributed by atoms with van der Waals surface area (Å²) in [6.45, 7) is 1.33. The molecule has 3 aromatic rings. The van der Waals surface area contributed by atoms with Gasteiger partial charge in [0.15, 0.2) is 0 Å². The number of piperidine rings is 1. The lowest BCUT2D eigenvalue weighted by Crippen LogP contribution is -2.51. The van der Waals surface area contributed by atoms with Crippen molar-refractivity contribution < 1.29 is 9.59 Å². The van der Waals surface area contributed by atoms with E-state index in [1.165, 1.54) is 17.8 Å². The zero-order chi connectivity index (χ0) is 27.0. The fourth-order valence-corrected chi connectivity index (χ4v) is 5.55. The van der Waals surface area contributed by atoms with Crippen LogP contribution in [0.5, 0.6) is 0 Å². The predicted molar refractivity (Wildman–Crippen MR) is 147 cm³/mol. The van der Waals surface area contributed by atoms with Crippen molar-refractivity contribution in [3.05, 3.63) is 85.1 Å². The molecule has 0 unspecified atom stereocenters. The van der Waals surface area contributed by atoms with Crippen molar-refractivity contribution in [2.75, 3.05) is 25.0 Å². The van der Waals surface area contributed by atoms with Gasteiger partial charge in [-0.2, -0.15) is 0 Å². The number of benzene rings is 2. The van der Waals surface area contributed by atoms with Crippen LogP contribution in [0.1, 0.15) is 18.4 Å². The van der Waals surface area contributed by atoms with Crippen LogP contribution in [0.15, 0.2) is 58.3 Å². The molecule has 0 bridgehead atoms. The van der Waals surface area contributed by atoms with E-state index in [1.54, 1.807) is 23.1 Å². The molecule has 0 atom stereocenters. The maximum absolute atomic E-state index is 13.2. The zero-order valence-electron chi connectivity index (χ0n) is 20.8. The third-order valence-corrected chi connectivity index (χ3v) is 8.12. The largest absolute Gasteiger partial charge is 0.341 e. The second-order valence-corrected chi connectivity index (χ2v) is 10.3. The number of fused-ring (bicyclic) bond motifs is 1. The van der Waals surface area contributed by atoms with Gasteiger partial charge in [-0.3, -0.25) is 18.7 Å². The summed E-state index contributed by atoms with van der Waals surface area (Å²) >= 11 is 12.4. The number of rotatable bonds is 4. The van der Waals surface area contributed by atoms with Gasteiger partial charge in [-0.05, 0) is 37.0 Å². The van der Waals surface area contributed by atoms with Crippen LogP contribution in [0, 0.1) is 0 Å². The molecule has 3 amide bonds. The minimum absolute atomic E-state index is 0.0187. The Bertz CT molecular complexity index is 1520. The molecule has 2 aliphatic rings. The summed E-state index contributed by atoms with van der Waals surface area (Å²) in [6, 6.07) is 12.6. The number of hydrogen-bond donors (Lipinski definition) is 1. The molecule has 1 fully saturated rings. The van der Waals surface area contributed by atoms with Gasteiger partial charge in [0.25, 0.3) is 5.56 Å². The summed E-state index contributed by atoms with van der Waals surface area (Å²) in [5.74, 6) is -0.236. The van der Waals surface area contributed by atoms with Gasteiger partial charge in [-0.15, -0.1) is 0 Å². The number of nitrogens with one attached hydrogen (secondary N) is 1. The Morgan fingerprint density at radius 2 is 1.71 bits per heavy atom. The molecule has 5 rings (SSSR count). The number of nitrogens with zero attached hydrogens (tertiary/aromatic N) is 4. The Labute approximate surface area is 229 Å². The molecule has 2 aliphatic heterocycles. The number of hydrogen-bond acceptors (Lipinski definition) is 4. The Kier molecular flexibility index (Phi) is 7.32. The first-order chi connectivity index (χ1) is 18.2. The van der Waals surface area contributed by atoms with Crippen molar-refractivity contribution in [3.63, 3.8) is 0 Å². The van der Waals surface area contributed by atoms with E-state index in [-0.39, 0.29) is 40.1 Å². The van der Waals surface area contributed by atoms with E-state index in [1.807, 2.05) is 29.2 Å². The molecule has 0 saturated carbocycles. The maximum atomic E-state index is 13.2. The maximum Gasteiger partial charge on any atom is 0.331 e. The number of aromatic nitrogens is 2. The van der Waals surface area contributed by atoms with Crippen LogP contribution in [-0.2, 0) is 24.8 Å². The molecule has 11 heteroatoms. The Morgan fingerprint density at radius 1 is 0.974 bits per heavy atom. The first-order valence-electron chi connectivity index (χ1n) is 12.4. The zero-order valence-corrected chi connectivity index (χ0v) is 22.3. The third-order valence-electron chi connectivity index (χ3n) is 7.30. The van der Waals surface area contributed by atoms with Gasteiger partial charge >= 0.3 is 11.7 Å². The summed E-state index contributed by atoms with van der Waals surface area (Å²) in [5, 5.41) is 3.48. The van der Waals surface area contributed by atoms with Crippen LogP contribution in [0.25, 0.3) is 11.1 Å². The molecule has 198 valence electrons. The Balaban J connectivity index is 1.28. The highest BCUT2D eigenvalue weighted by atomic mass is 35.5. The summed E-state index contributed by atoms with van der Waals surface area (Å²) in [5.41, 5.74) is 1.40. The minimum atomic E-state index is -0.596. The van der Waals surface area contributed by atoms with Gasteiger partial charge in [0.05, 0.1) is 15.6 Å². The van der Waals surface area contributed by atoms with Gasteiger partial charge in [-0.1, -0.05) is 53.5 Å². The lowest BCUT2D eigenvalue weighted by molar-refractivity contribution is -0.133. The average molecular weight is 556 g/mol. The van der Waals surface area contributed by atoms with Crippen molar-refractivity contribution in [1.29, 1.82) is 0 Å². The monoisotopic (exact) mass is 555 g/mol. The number of anilines is 1. The molecule has 2 aromatic carbocycles. The number of para-hydroxylation sites is 1. The fraction of sp³-hybridized carbons (Fsp3) is 0.333. The lowest BCUT2D eigenvalue weighted by Gasteiger charge is -2.38. The summed E-state index contributed by atoms with van der Waals surface area (Å²) in [4.78, 5) is 55.2. The fourth-order valence-electron chi connectivity index (χ4n) is 5.15. The van der Waals surface area contributed by atoms with Gasteiger partial charge in [0, 0.05) is 50.2 Å². The van der Waals surface area contributed by atoms with Crippen molar-refractivity contribution in [2.24, 2.45) is 7.05 Å². The molecular weight excluding hydrogens is 529 g/mol. The van der Waals surface area contributed by atoms with Crippen LogP contribution >= 0.6 is 23.2 Å². The lowest BCUT2D eigenvalue weighted by atomic mass is 10.0. The SMILES string of the molecule is Cn1c(=O)c(-c2cccc(Cl)c2Cl)cn(CC(=O)N2CCC(N3CCc4ccccc4NC3=O)CC2)c1=O. The summed E-state index contributed by atoms with van der Waals surface area (Å²) in [7, 11) is 1.36. The molecule has 9 nitrogen and oxygen atoms in total. The first-order valence-corrected chi connectivity index (χ1v) is 13.2. The smallest absolute Gasteiger partial charge is 0.331 e. The molecule has 1 aromatic heterocycles. The van der Waals surface area contributed by atoms with Gasteiger partial charge in [-0.25, -0.2) is 9.59 Å². The molecule has 1 saturated heterocycles. The molecule has 0 aliphatic carbocycles. The minimum Gasteiger partial charge on any atom is -0.341 e. The Morgan fingerprint density at radius 3 is 2.47 bits per heavy atom. The molecular formula is C27H27Cl2N5O4. The number of likely N-dealkylation sites (tertiary alicyclic amines) is 1. The van der Waals surface area contributed by atoms with E-state index < -0.39 is 11.2 Å². The number of carbonyl (C=O) groups excluding carboxylic acids is 2. The van der Waals surface area contributed by atoms with Crippen LogP contribution in [0.3, 0.4) is 0 Å². The van der Waals surface area contributed by atoms with Crippen LogP contribution < -0.4 is 16.6 Å². The highest BCUT2D eigenvalue weighted by Gasteiger charge is 2.31. The normalized spacial score (nSPS) is 16.1. The van der Waals surface area contributed by atoms with E-state index in [9.17, 15) is 19.2 Å². The van der Waals surface area contributed by atoms with E-state index in [0.29, 0.717) is 38.0 Å². The highest BCUT2D eigenvalue weighted by molar-refractivity contribution is 6.43. The Hall–Kier alpha value is -3.56. The van der Waals surface area contributed by atoms with Gasteiger partial charge < -0.3 is 15.1 Å². The van der Waals surface area contributed by atoms with E-state index >= 15 is 0 Å². The predicted octanol–water partition coefficient (Wildman–Crippen LogP) is 3.60. The second kappa shape index (κ2) is 10.7. The highest BCUT2D eigenvalue weighted by Crippen LogP contribution is 2.31. The number of amides is 3. The third kappa shape index (κ3) is 4.96. The van der Waals surface area contributed by atoms with E-state index in [0.717, 1.165) is 22.2 Å². The number of carbonyl (C=O) groups is 2. The van der Waals surface area contributed by atoms with Crippen LogP contribution in [-0.4, -0.2) is 56.5 Å². The van der Waals surface area contributed by atoms with Crippen molar-refractivity contribution in [1.82, 2.24) is 18.9 Å². The summed E-state index contributed by atoms with van der Waals surface area (Å²) < 4.78 is 2.18. The van der Waals surface area contributed by atoms with Crippen molar-refractivity contribution in [3.8, 4) is 11.1 Å². The quantitative estimate of drug-likeness (QED) is 0.531. The van der Waals surface area contributed by atoms with E-state index in [4.69, 9.17) is 23.2 Å². The topological polar surface area (TPSA) is 96.7 Å². The number of urea groups is 1. The molecule has 38 heavy (non-hydrogen) atoms. The summed E-state index contributed by atoms with van der Waals surface area (Å²) in [6.07, 6.45) is 3.41. The molecule has 1 N–H and O–H groups in total. The van der Waals surface area contributed by atoms with Crippen molar-refractivity contribution >= 4 is 40.8 Å². The first kappa shape index (κ1) is 26.1. The molecule has 3 heterocycles. The van der Waals surface area contributed by atoms with Gasteiger partial charge in [0.2, 0.25) is 5.91 Å². The average Bonchev–Trinajstić information content (AvgIpc) is 3.09. The van der Waals surface area contributed by atoms with Gasteiger partial charge in [0.1, 0.15) is 6.54 Å². The van der Waals surface area contributed by atoms with Crippen molar-refractivity contribution in [2.45, 2.75) is 31.8 Å². The second-order valence-electron chi connectivity index (χ2n) is 9.56. The molecule has 0 spiro atoms. The van der Waals surface area contributed by atoms with Crippen LogP contribution in [0.4, 0.5) is 10.5 Å². The van der Waals surface area contributed by atoms with Crippen LogP contribution in [0.2, 0.25) is 10.0 Å². The van der Waals surface area contributed by atoms with E-state index in [2.05, 4.69) is 5.32 Å².